The van der Waals surface area contributed by atoms with Crippen molar-refractivity contribution in [2.45, 2.75) is 52.1 Å². The molecular weight excluding hydrogens is 582 g/mol. The van der Waals surface area contributed by atoms with E-state index < -0.39 is 16.1 Å². The molecule has 8 nitrogen and oxygen atoms in total. The molecule has 0 fully saturated rings. The third-order valence-electron chi connectivity index (χ3n) is 5.84. The molecule has 0 spiro atoms. The lowest BCUT2D eigenvalue weighted by atomic mass is 10.1. The Balaban J connectivity index is 2.16. The van der Waals surface area contributed by atoms with Gasteiger partial charge in [-0.3, -0.25) is 13.9 Å². The van der Waals surface area contributed by atoms with Gasteiger partial charge in [0.25, 0.3) is 0 Å². The van der Waals surface area contributed by atoms with Crippen LogP contribution in [0.2, 0.25) is 5.02 Å². The number of nitrogens with one attached hydrogen (secondary N) is 1. The highest BCUT2D eigenvalue weighted by Crippen LogP contribution is 2.30. The molecule has 1 atom stereocenters. The second-order valence-electron chi connectivity index (χ2n) is 8.73. The summed E-state index contributed by atoms with van der Waals surface area (Å²) in [6, 6.07) is 11.6. The van der Waals surface area contributed by atoms with Crippen molar-refractivity contribution >= 4 is 55.1 Å². The van der Waals surface area contributed by atoms with Crippen LogP contribution in [0.3, 0.4) is 0 Å². The van der Waals surface area contributed by atoms with Crippen molar-refractivity contribution in [3.63, 3.8) is 0 Å². The van der Waals surface area contributed by atoms with Crippen LogP contribution in [0.15, 0.2) is 46.9 Å². The van der Waals surface area contributed by atoms with E-state index >= 15 is 0 Å². The largest absolute Gasteiger partial charge is 0.495 e. The van der Waals surface area contributed by atoms with Crippen LogP contribution in [0, 0.1) is 0 Å². The van der Waals surface area contributed by atoms with E-state index in [9.17, 15) is 18.0 Å². The summed E-state index contributed by atoms with van der Waals surface area (Å²) < 4.78 is 32.3. The number of methoxy groups -OCH3 is 1. The van der Waals surface area contributed by atoms with Crippen LogP contribution in [0.5, 0.6) is 5.75 Å². The number of hydrogen-bond acceptors (Lipinski definition) is 5. The fourth-order valence-corrected chi connectivity index (χ4v) is 5.19. The Labute approximate surface area is 233 Å². The number of ether oxygens (including phenoxy) is 1. The molecule has 204 valence electrons. The molecule has 2 rings (SSSR count). The van der Waals surface area contributed by atoms with Gasteiger partial charge in [0.15, 0.2) is 0 Å². The summed E-state index contributed by atoms with van der Waals surface area (Å²) in [5.41, 5.74) is 1.27. The van der Waals surface area contributed by atoms with Gasteiger partial charge in [-0.25, -0.2) is 8.42 Å². The number of rotatable bonds is 14. The Kier molecular flexibility index (Phi) is 12.2. The standard InChI is InChI=1S/C26H35BrClN3O5S/c1-5-6-15-29-26(33)19(2)30(18-20-9-11-21(27)12-10-20)25(32)8-7-16-31(37(4,34)35)22-13-14-24(36-3)23(28)17-22/h9-14,17,19H,5-8,15-16,18H2,1-4H3,(H,29,33)/t19-/m1/s1. The van der Waals surface area contributed by atoms with Gasteiger partial charge in [0.2, 0.25) is 21.8 Å². The molecule has 0 bridgehead atoms. The molecule has 0 aliphatic heterocycles. The molecular formula is C26H35BrClN3O5S. The third-order valence-corrected chi connectivity index (χ3v) is 7.86. The van der Waals surface area contributed by atoms with E-state index in [1.165, 1.54) is 17.5 Å². The molecule has 1 N–H and O–H groups in total. The van der Waals surface area contributed by atoms with E-state index in [2.05, 4.69) is 21.2 Å². The summed E-state index contributed by atoms with van der Waals surface area (Å²) >= 11 is 9.61. The molecule has 0 saturated heterocycles. The number of benzene rings is 2. The second-order valence-corrected chi connectivity index (χ2v) is 12.0. The van der Waals surface area contributed by atoms with Crippen LogP contribution >= 0.6 is 27.5 Å². The minimum atomic E-state index is -3.63. The monoisotopic (exact) mass is 615 g/mol. The van der Waals surface area contributed by atoms with Gasteiger partial charge in [0.1, 0.15) is 11.8 Å². The van der Waals surface area contributed by atoms with Crippen LogP contribution in [0.4, 0.5) is 5.69 Å². The molecule has 0 aromatic heterocycles. The zero-order valence-electron chi connectivity index (χ0n) is 21.7. The van der Waals surface area contributed by atoms with Gasteiger partial charge in [-0.05, 0) is 55.7 Å². The zero-order chi connectivity index (χ0) is 27.6. The van der Waals surface area contributed by atoms with E-state index in [4.69, 9.17) is 16.3 Å². The topological polar surface area (TPSA) is 96.0 Å². The van der Waals surface area contributed by atoms with Crippen molar-refractivity contribution in [3.05, 3.63) is 57.5 Å². The highest BCUT2D eigenvalue weighted by atomic mass is 79.9. The molecule has 2 amide bonds. The molecule has 0 aliphatic rings. The van der Waals surface area contributed by atoms with Crippen molar-refractivity contribution in [2.24, 2.45) is 0 Å². The summed E-state index contributed by atoms with van der Waals surface area (Å²) in [6.07, 6.45) is 3.24. The van der Waals surface area contributed by atoms with E-state index in [0.717, 1.165) is 29.1 Å². The molecule has 0 saturated carbocycles. The summed E-state index contributed by atoms with van der Waals surface area (Å²) in [4.78, 5) is 27.6. The first-order chi connectivity index (χ1) is 17.5. The number of halogens is 2. The van der Waals surface area contributed by atoms with Gasteiger partial charge in [0.05, 0.1) is 24.1 Å². The van der Waals surface area contributed by atoms with Crippen LogP contribution < -0.4 is 14.4 Å². The average molecular weight is 617 g/mol. The average Bonchev–Trinajstić information content (AvgIpc) is 2.85. The van der Waals surface area contributed by atoms with Crippen molar-refractivity contribution < 1.29 is 22.7 Å². The van der Waals surface area contributed by atoms with E-state index in [1.54, 1.807) is 24.0 Å². The lowest BCUT2D eigenvalue weighted by molar-refractivity contribution is -0.140. The predicted octanol–water partition coefficient (Wildman–Crippen LogP) is 4.99. The summed E-state index contributed by atoms with van der Waals surface area (Å²) in [5, 5.41) is 3.18. The molecule has 0 unspecified atom stereocenters. The van der Waals surface area contributed by atoms with E-state index in [0.29, 0.717) is 18.0 Å². The first-order valence-corrected chi connectivity index (χ1v) is 15.1. The van der Waals surface area contributed by atoms with Gasteiger partial charge in [-0.15, -0.1) is 0 Å². The molecule has 2 aromatic carbocycles. The highest BCUT2D eigenvalue weighted by molar-refractivity contribution is 9.10. The minimum absolute atomic E-state index is 0.0685. The lowest BCUT2D eigenvalue weighted by Gasteiger charge is -2.29. The lowest BCUT2D eigenvalue weighted by Crippen LogP contribution is -2.47. The van der Waals surface area contributed by atoms with Gasteiger partial charge >= 0.3 is 0 Å². The molecule has 0 aliphatic carbocycles. The van der Waals surface area contributed by atoms with E-state index in [1.807, 2.05) is 31.2 Å². The molecule has 11 heteroatoms. The number of hydrogen-bond donors (Lipinski definition) is 1. The Morgan fingerprint density at radius 3 is 2.38 bits per heavy atom. The Morgan fingerprint density at radius 1 is 1.14 bits per heavy atom. The maximum atomic E-state index is 13.3. The molecule has 0 heterocycles. The molecule has 37 heavy (non-hydrogen) atoms. The number of sulfonamides is 1. The molecule has 2 aromatic rings. The first-order valence-electron chi connectivity index (χ1n) is 12.1. The SMILES string of the molecule is CCCCNC(=O)[C@@H](C)N(Cc1ccc(Br)cc1)C(=O)CCCN(c1ccc(OC)c(Cl)c1)S(C)(=O)=O. The van der Waals surface area contributed by atoms with Crippen molar-refractivity contribution in [1.82, 2.24) is 10.2 Å². The fourth-order valence-electron chi connectivity index (χ4n) is 3.72. The van der Waals surface area contributed by atoms with Crippen LogP contribution in [0.1, 0.15) is 45.1 Å². The molecule has 0 radical (unpaired) electrons. The van der Waals surface area contributed by atoms with Gasteiger partial charge in [-0.2, -0.15) is 0 Å². The predicted molar refractivity (Wildman–Crippen MR) is 151 cm³/mol. The smallest absolute Gasteiger partial charge is 0.242 e. The van der Waals surface area contributed by atoms with Gasteiger partial charge in [0, 0.05) is 30.5 Å². The maximum Gasteiger partial charge on any atom is 0.242 e. The Hall–Kier alpha value is -2.30. The summed E-state index contributed by atoms with van der Waals surface area (Å²) in [7, 11) is -2.15. The Morgan fingerprint density at radius 2 is 1.81 bits per heavy atom. The summed E-state index contributed by atoms with van der Waals surface area (Å²) in [5.74, 6) is -0.0179. The number of amides is 2. The first kappa shape index (κ1) is 30.9. The number of anilines is 1. The number of carbonyl (C=O) groups excluding carboxylic acids is 2. The van der Waals surface area contributed by atoms with Crippen molar-refractivity contribution in [3.8, 4) is 5.75 Å². The second kappa shape index (κ2) is 14.6. The minimum Gasteiger partial charge on any atom is -0.495 e. The number of unbranched alkanes of at least 4 members (excludes halogenated alkanes) is 1. The van der Waals surface area contributed by atoms with Crippen LogP contribution in [-0.2, 0) is 26.2 Å². The van der Waals surface area contributed by atoms with Crippen molar-refractivity contribution in [2.75, 3.05) is 30.8 Å². The van der Waals surface area contributed by atoms with Gasteiger partial charge in [-0.1, -0.05) is 53.0 Å². The highest BCUT2D eigenvalue weighted by Gasteiger charge is 2.26. The summed E-state index contributed by atoms with van der Waals surface area (Å²) in [6.45, 7) is 4.64. The quantitative estimate of drug-likeness (QED) is 0.302. The van der Waals surface area contributed by atoms with Crippen molar-refractivity contribution in [1.29, 1.82) is 0 Å². The van der Waals surface area contributed by atoms with Gasteiger partial charge < -0.3 is 15.0 Å². The number of nitrogens with zero attached hydrogens (tertiary/aromatic N) is 2. The zero-order valence-corrected chi connectivity index (χ0v) is 24.8. The number of carbonyl (C=O) groups is 2. The normalized spacial score (nSPS) is 12.1. The Bertz CT molecular complexity index is 1160. The maximum absolute atomic E-state index is 13.3. The van der Waals surface area contributed by atoms with E-state index in [-0.39, 0.29) is 42.8 Å². The van der Waals surface area contributed by atoms with Crippen LogP contribution in [-0.4, -0.2) is 57.6 Å². The van der Waals surface area contributed by atoms with Crippen LogP contribution in [0.25, 0.3) is 0 Å². The fraction of sp³-hybridized carbons (Fsp3) is 0.462. The third kappa shape index (κ3) is 9.50.